The van der Waals surface area contributed by atoms with Gasteiger partial charge in [0.1, 0.15) is 12.4 Å². The summed E-state index contributed by atoms with van der Waals surface area (Å²) >= 11 is 0. The molecule has 1 aromatic rings. The fourth-order valence-corrected chi connectivity index (χ4v) is 2.36. The Hall–Kier alpha value is -1.84. The number of alkyl carbamates (subject to hydrolysis) is 1. The van der Waals surface area contributed by atoms with E-state index >= 15 is 0 Å². The van der Waals surface area contributed by atoms with E-state index in [1.54, 1.807) is 0 Å². The van der Waals surface area contributed by atoms with Gasteiger partial charge < -0.3 is 10.1 Å². The molecule has 4 nitrogen and oxygen atoms in total. The van der Waals surface area contributed by atoms with Gasteiger partial charge in [0.25, 0.3) is 0 Å². The predicted octanol–water partition coefficient (Wildman–Crippen LogP) is 2.53. The summed E-state index contributed by atoms with van der Waals surface area (Å²) in [7, 11) is 0. The zero-order valence-electron chi connectivity index (χ0n) is 11.1. The van der Waals surface area contributed by atoms with Gasteiger partial charge in [-0.2, -0.15) is 0 Å². The van der Waals surface area contributed by atoms with Crippen LogP contribution in [0.3, 0.4) is 0 Å². The maximum Gasteiger partial charge on any atom is 0.407 e. The van der Waals surface area contributed by atoms with Gasteiger partial charge >= 0.3 is 6.09 Å². The smallest absolute Gasteiger partial charge is 0.407 e. The first kappa shape index (κ1) is 13.6. The van der Waals surface area contributed by atoms with Crippen LogP contribution >= 0.6 is 0 Å². The Morgan fingerprint density at radius 3 is 2.74 bits per heavy atom. The van der Waals surface area contributed by atoms with E-state index in [9.17, 15) is 9.59 Å². The van der Waals surface area contributed by atoms with E-state index in [-0.39, 0.29) is 18.3 Å². The average molecular weight is 261 g/mol. The number of Topliss-reactive ketones (excluding diaryl/α,β-unsaturated/α-hetero) is 1. The lowest BCUT2D eigenvalue weighted by Crippen LogP contribution is -2.33. The first-order chi connectivity index (χ1) is 9.16. The lowest BCUT2D eigenvalue weighted by Gasteiger charge is -2.14. The maximum absolute atomic E-state index is 11.6. The van der Waals surface area contributed by atoms with Gasteiger partial charge in [-0.25, -0.2) is 4.79 Å². The van der Waals surface area contributed by atoms with E-state index in [1.807, 2.05) is 37.3 Å². The Balaban J connectivity index is 1.72. The molecule has 0 spiro atoms. The second-order valence-electron chi connectivity index (χ2n) is 5.03. The van der Waals surface area contributed by atoms with Crippen LogP contribution in [0, 0.1) is 11.8 Å². The lowest BCUT2D eigenvalue weighted by molar-refractivity contribution is -0.120. The van der Waals surface area contributed by atoms with Crippen molar-refractivity contribution in [3.8, 4) is 0 Å². The quantitative estimate of drug-likeness (QED) is 0.906. The third kappa shape index (κ3) is 3.81. The zero-order chi connectivity index (χ0) is 13.7. The number of ketones is 1. The van der Waals surface area contributed by atoms with Crippen molar-refractivity contribution in [2.75, 3.05) is 6.54 Å². The highest BCUT2D eigenvalue weighted by molar-refractivity contribution is 5.84. The molecule has 0 radical (unpaired) electrons. The molecule has 1 N–H and O–H groups in total. The van der Waals surface area contributed by atoms with Crippen LogP contribution in [0.5, 0.6) is 0 Å². The fraction of sp³-hybridized carbons (Fsp3) is 0.467. The van der Waals surface area contributed by atoms with E-state index in [0.717, 1.165) is 12.0 Å². The Bertz CT molecular complexity index is 444. The molecule has 1 fully saturated rings. The van der Waals surface area contributed by atoms with Gasteiger partial charge in [-0.1, -0.05) is 37.3 Å². The second-order valence-corrected chi connectivity index (χ2v) is 5.03. The highest BCUT2D eigenvalue weighted by Gasteiger charge is 2.31. The molecule has 4 heteroatoms. The molecule has 0 bridgehead atoms. The van der Waals surface area contributed by atoms with Crippen LogP contribution in [-0.4, -0.2) is 18.4 Å². The van der Waals surface area contributed by atoms with E-state index in [2.05, 4.69) is 5.32 Å². The Kier molecular flexibility index (Phi) is 4.55. The van der Waals surface area contributed by atoms with Crippen molar-refractivity contribution in [1.82, 2.24) is 5.32 Å². The van der Waals surface area contributed by atoms with Crippen LogP contribution in [0.25, 0.3) is 0 Å². The predicted molar refractivity (Wildman–Crippen MR) is 71.5 cm³/mol. The van der Waals surface area contributed by atoms with Gasteiger partial charge in [-0.05, 0) is 17.9 Å². The molecule has 2 atom stereocenters. The molecule has 0 aliphatic heterocycles. The summed E-state index contributed by atoms with van der Waals surface area (Å²) in [4.78, 5) is 23.1. The summed E-state index contributed by atoms with van der Waals surface area (Å²) in [6, 6.07) is 9.51. The monoisotopic (exact) mass is 261 g/mol. The van der Waals surface area contributed by atoms with Crippen molar-refractivity contribution >= 4 is 11.9 Å². The third-order valence-corrected chi connectivity index (χ3v) is 3.63. The number of hydrogen-bond donors (Lipinski definition) is 1. The van der Waals surface area contributed by atoms with Crippen LogP contribution < -0.4 is 5.32 Å². The lowest BCUT2D eigenvalue weighted by atomic mass is 9.98. The van der Waals surface area contributed by atoms with E-state index in [1.165, 1.54) is 0 Å². The van der Waals surface area contributed by atoms with Gasteiger partial charge in [-0.15, -0.1) is 0 Å². The average Bonchev–Trinajstić information content (AvgIpc) is 2.75. The molecule has 1 amide bonds. The minimum Gasteiger partial charge on any atom is -0.445 e. The summed E-state index contributed by atoms with van der Waals surface area (Å²) in [5.74, 6) is 0.544. The molecule has 2 unspecified atom stereocenters. The minimum absolute atomic E-state index is 0.0516. The molecule has 2 rings (SSSR count). The van der Waals surface area contributed by atoms with Crippen molar-refractivity contribution < 1.29 is 14.3 Å². The maximum atomic E-state index is 11.6. The summed E-state index contributed by atoms with van der Waals surface area (Å²) in [6.45, 7) is 2.68. The van der Waals surface area contributed by atoms with Crippen molar-refractivity contribution in [1.29, 1.82) is 0 Å². The number of rotatable bonds is 4. The molecule has 1 aliphatic carbocycles. The Morgan fingerprint density at radius 1 is 1.37 bits per heavy atom. The summed E-state index contributed by atoms with van der Waals surface area (Å²) < 4.78 is 5.10. The number of benzene rings is 1. The third-order valence-electron chi connectivity index (χ3n) is 3.63. The summed E-state index contributed by atoms with van der Waals surface area (Å²) in [5.41, 5.74) is 0.947. The second kappa shape index (κ2) is 6.36. The van der Waals surface area contributed by atoms with Crippen LogP contribution in [0.1, 0.15) is 25.3 Å². The molecule has 1 saturated carbocycles. The van der Waals surface area contributed by atoms with E-state index < -0.39 is 6.09 Å². The Morgan fingerprint density at radius 2 is 2.11 bits per heavy atom. The van der Waals surface area contributed by atoms with Crippen molar-refractivity contribution in [2.45, 2.75) is 26.4 Å². The van der Waals surface area contributed by atoms with Crippen molar-refractivity contribution in [3.05, 3.63) is 35.9 Å². The molecular weight excluding hydrogens is 242 g/mol. The van der Waals surface area contributed by atoms with Crippen molar-refractivity contribution in [3.63, 3.8) is 0 Å². The highest BCUT2D eigenvalue weighted by Crippen LogP contribution is 2.27. The molecule has 19 heavy (non-hydrogen) atoms. The van der Waals surface area contributed by atoms with Gasteiger partial charge in [0.05, 0.1) is 0 Å². The summed E-state index contributed by atoms with van der Waals surface area (Å²) in [6.07, 6.45) is 1.09. The van der Waals surface area contributed by atoms with E-state index in [0.29, 0.717) is 18.9 Å². The van der Waals surface area contributed by atoms with Gasteiger partial charge in [-0.3, -0.25) is 4.79 Å². The molecule has 0 heterocycles. The van der Waals surface area contributed by atoms with Gasteiger partial charge in [0, 0.05) is 18.9 Å². The molecule has 1 aliphatic rings. The first-order valence-corrected chi connectivity index (χ1v) is 6.64. The van der Waals surface area contributed by atoms with Crippen LogP contribution in [0.15, 0.2) is 30.3 Å². The van der Waals surface area contributed by atoms with Gasteiger partial charge in [0.2, 0.25) is 0 Å². The largest absolute Gasteiger partial charge is 0.445 e. The van der Waals surface area contributed by atoms with Crippen LogP contribution in [-0.2, 0) is 16.1 Å². The zero-order valence-corrected chi connectivity index (χ0v) is 11.1. The van der Waals surface area contributed by atoms with Crippen LogP contribution in [0.4, 0.5) is 4.79 Å². The number of hydrogen-bond acceptors (Lipinski definition) is 3. The first-order valence-electron chi connectivity index (χ1n) is 6.64. The fourth-order valence-electron chi connectivity index (χ4n) is 2.36. The molecule has 1 aromatic carbocycles. The standard InChI is InChI=1S/C15H19NO3/c1-11-7-8-14(17)13(11)9-16-15(18)19-10-12-5-3-2-4-6-12/h2-6,11,13H,7-10H2,1H3,(H,16,18). The number of carbonyl (C=O) groups excluding carboxylic acids is 2. The normalized spacial score (nSPS) is 22.3. The number of nitrogens with one attached hydrogen (secondary N) is 1. The topological polar surface area (TPSA) is 55.4 Å². The number of amides is 1. The number of ether oxygens (including phenoxy) is 1. The highest BCUT2D eigenvalue weighted by atomic mass is 16.5. The SMILES string of the molecule is CC1CCC(=O)C1CNC(=O)OCc1ccccc1. The Labute approximate surface area is 113 Å². The molecule has 0 aromatic heterocycles. The molecular formula is C15H19NO3. The van der Waals surface area contributed by atoms with Crippen molar-refractivity contribution in [2.24, 2.45) is 11.8 Å². The van der Waals surface area contributed by atoms with Gasteiger partial charge in [0.15, 0.2) is 0 Å². The number of carbonyl (C=O) groups is 2. The molecule has 0 saturated heterocycles. The van der Waals surface area contributed by atoms with Crippen LogP contribution in [0.2, 0.25) is 0 Å². The summed E-state index contributed by atoms with van der Waals surface area (Å²) in [5, 5.41) is 2.67. The minimum atomic E-state index is -0.462. The molecule has 102 valence electrons. The van der Waals surface area contributed by atoms with E-state index in [4.69, 9.17) is 4.74 Å².